The first-order chi connectivity index (χ1) is 9.19. The SMILES string of the molecule is CCNC(C)c1ccnc(Sc2cccc(Cl)c2)c1. The van der Waals surface area contributed by atoms with E-state index in [4.69, 9.17) is 11.6 Å². The summed E-state index contributed by atoms with van der Waals surface area (Å²) in [5.74, 6) is 0. The fourth-order valence-corrected chi connectivity index (χ4v) is 2.96. The van der Waals surface area contributed by atoms with Crippen LogP contribution in [-0.2, 0) is 0 Å². The normalized spacial score (nSPS) is 12.4. The molecule has 0 aliphatic rings. The molecule has 0 aliphatic carbocycles. The van der Waals surface area contributed by atoms with Gasteiger partial charge in [0.05, 0.1) is 0 Å². The molecule has 2 aromatic rings. The van der Waals surface area contributed by atoms with Gasteiger partial charge in [-0.1, -0.05) is 36.4 Å². The Hall–Kier alpha value is -1.03. The lowest BCUT2D eigenvalue weighted by Gasteiger charge is -2.13. The lowest BCUT2D eigenvalue weighted by Crippen LogP contribution is -2.17. The van der Waals surface area contributed by atoms with Crippen LogP contribution in [0.1, 0.15) is 25.5 Å². The lowest BCUT2D eigenvalue weighted by molar-refractivity contribution is 0.596. The van der Waals surface area contributed by atoms with Crippen LogP contribution >= 0.6 is 23.4 Å². The van der Waals surface area contributed by atoms with Gasteiger partial charge in [0.25, 0.3) is 0 Å². The van der Waals surface area contributed by atoms with E-state index in [1.54, 1.807) is 11.8 Å². The summed E-state index contributed by atoms with van der Waals surface area (Å²) < 4.78 is 0. The molecule has 1 N–H and O–H groups in total. The molecule has 0 amide bonds. The quantitative estimate of drug-likeness (QED) is 0.874. The fourth-order valence-electron chi connectivity index (χ4n) is 1.83. The summed E-state index contributed by atoms with van der Waals surface area (Å²) >= 11 is 7.62. The zero-order chi connectivity index (χ0) is 13.7. The highest BCUT2D eigenvalue weighted by Gasteiger charge is 2.06. The Labute approximate surface area is 123 Å². The van der Waals surface area contributed by atoms with Crippen LogP contribution in [0.15, 0.2) is 52.5 Å². The minimum Gasteiger partial charge on any atom is -0.310 e. The maximum Gasteiger partial charge on any atom is 0.101 e. The molecule has 19 heavy (non-hydrogen) atoms. The number of halogens is 1. The van der Waals surface area contributed by atoms with Crippen LogP contribution in [0.2, 0.25) is 5.02 Å². The van der Waals surface area contributed by atoms with Crippen LogP contribution < -0.4 is 5.32 Å². The first-order valence-corrected chi connectivity index (χ1v) is 7.51. The Kier molecular flexibility index (Phi) is 5.25. The van der Waals surface area contributed by atoms with Crippen LogP contribution in [-0.4, -0.2) is 11.5 Å². The summed E-state index contributed by atoms with van der Waals surface area (Å²) in [6.45, 7) is 5.23. The van der Waals surface area contributed by atoms with Crippen molar-refractivity contribution in [2.24, 2.45) is 0 Å². The molecule has 2 nitrogen and oxygen atoms in total. The van der Waals surface area contributed by atoms with Crippen molar-refractivity contribution < 1.29 is 0 Å². The van der Waals surface area contributed by atoms with Crippen LogP contribution in [0.5, 0.6) is 0 Å². The number of nitrogens with one attached hydrogen (secondary N) is 1. The van der Waals surface area contributed by atoms with Gasteiger partial charge in [-0.3, -0.25) is 0 Å². The highest BCUT2D eigenvalue weighted by molar-refractivity contribution is 7.99. The minimum atomic E-state index is 0.340. The monoisotopic (exact) mass is 292 g/mol. The summed E-state index contributed by atoms with van der Waals surface area (Å²) in [6.07, 6.45) is 1.86. The van der Waals surface area contributed by atoms with E-state index in [-0.39, 0.29) is 0 Å². The molecule has 0 radical (unpaired) electrons. The van der Waals surface area contributed by atoms with Gasteiger partial charge in [0.15, 0.2) is 0 Å². The summed E-state index contributed by atoms with van der Waals surface area (Å²) in [6, 6.07) is 12.3. The third kappa shape index (κ3) is 4.23. The third-order valence-corrected chi connectivity index (χ3v) is 3.94. The highest BCUT2D eigenvalue weighted by Crippen LogP contribution is 2.29. The zero-order valence-electron chi connectivity index (χ0n) is 11.1. The molecular weight excluding hydrogens is 276 g/mol. The molecule has 1 heterocycles. The van der Waals surface area contributed by atoms with Gasteiger partial charge >= 0.3 is 0 Å². The first-order valence-electron chi connectivity index (χ1n) is 6.32. The van der Waals surface area contributed by atoms with E-state index in [9.17, 15) is 0 Å². The van der Waals surface area contributed by atoms with Crippen molar-refractivity contribution in [3.05, 3.63) is 53.2 Å². The second-order valence-corrected chi connectivity index (χ2v) is 5.80. The largest absolute Gasteiger partial charge is 0.310 e. The third-order valence-electron chi connectivity index (χ3n) is 2.79. The molecule has 1 unspecified atom stereocenters. The molecule has 4 heteroatoms. The van der Waals surface area contributed by atoms with Crippen molar-refractivity contribution in [3.63, 3.8) is 0 Å². The Morgan fingerprint density at radius 3 is 2.89 bits per heavy atom. The average molecular weight is 293 g/mol. The topological polar surface area (TPSA) is 24.9 Å². The predicted octanol–water partition coefficient (Wildman–Crippen LogP) is 4.56. The van der Waals surface area contributed by atoms with E-state index in [2.05, 4.69) is 36.3 Å². The van der Waals surface area contributed by atoms with Gasteiger partial charge in [-0.05, 0) is 49.4 Å². The Morgan fingerprint density at radius 1 is 1.32 bits per heavy atom. The summed E-state index contributed by atoms with van der Waals surface area (Å²) in [7, 11) is 0. The number of benzene rings is 1. The summed E-state index contributed by atoms with van der Waals surface area (Å²) in [5, 5.41) is 5.15. The Balaban J connectivity index is 2.15. The number of nitrogens with zero attached hydrogens (tertiary/aromatic N) is 1. The van der Waals surface area contributed by atoms with Gasteiger partial charge in [-0.25, -0.2) is 4.98 Å². The highest BCUT2D eigenvalue weighted by atomic mass is 35.5. The standard InChI is InChI=1S/C15H17ClN2S/c1-3-17-11(2)12-7-8-18-15(9-12)19-14-6-4-5-13(16)10-14/h4-11,17H,3H2,1-2H3. The van der Waals surface area contributed by atoms with Gasteiger partial charge in [0.1, 0.15) is 5.03 Å². The number of hydrogen-bond acceptors (Lipinski definition) is 3. The predicted molar refractivity (Wildman–Crippen MR) is 81.9 cm³/mol. The molecule has 100 valence electrons. The van der Waals surface area contributed by atoms with Gasteiger partial charge in [-0.2, -0.15) is 0 Å². The maximum absolute atomic E-state index is 5.99. The zero-order valence-corrected chi connectivity index (χ0v) is 12.6. The van der Waals surface area contributed by atoms with Crippen LogP contribution in [0.4, 0.5) is 0 Å². The van der Waals surface area contributed by atoms with Crippen molar-refractivity contribution in [2.45, 2.75) is 29.8 Å². The molecule has 0 fully saturated rings. The van der Waals surface area contributed by atoms with E-state index in [1.807, 2.05) is 30.5 Å². The number of hydrogen-bond donors (Lipinski definition) is 1. The van der Waals surface area contributed by atoms with Crippen molar-refractivity contribution in [1.82, 2.24) is 10.3 Å². The first kappa shape index (κ1) is 14.4. The molecule has 2 rings (SSSR count). The second kappa shape index (κ2) is 6.94. The van der Waals surface area contributed by atoms with Crippen LogP contribution in [0.25, 0.3) is 0 Å². The van der Waals surface area contributed by atoms with E-state index < -0.39 is 0 Å². The Bertz CT molecular complexity index is 545. The van der Waals surface area contributed by atoms with Gasteiger partial charge < -0.3 is 5.32 Å². The second-order valence-electron chi connectivity index (χ2n) is 4.27. The van der Waals surface area contributed by atoms with Crippen molar-refractivity contribution in [1.29, 1.82) is 0 Å². The van der Waals surface area contributed by atoms with Gasteiger partial charge in [-0.15, -0.1) is 0 Å². The van der Waals surface area contributed by atoms with Crippen molar-refractivity contribution in [3.8, 4) is 0 Å². The maximum atomic E-state index is 5.99. The molecule has 1 aromatic carbocycles. The molecule has 1 aromatic heterocycles. The lowest BCUT2D eigenvalue weighted by atomic mass is 10.1. The molecule has 0 saturated carbocycles. The number of pyridine rings is 1. The number of rotatable bonds is 5. The van der Waals surface area contributed by atoms with E-state index in [0.29, 0.717) is 6.04 Å². The summed E-state index contributed by atoms with van der Waals surface area (Å²) in [5.41, 5.74) is 1.25. The van der Waals surface area contributed by atoms with Crippen LogP contribution in [0.3, 0.4) is 0 Å². The molecule has 0 saturated heterocycles. The van der Waals surface area contributed by atoms with Crippen molar-refractivity contribution in [2.75, 3.05) is 6.54 Å². The minimum absolute atomic E-state index is 0.340. The average Bonchev–Trinajstić information content (AvgIpc) is 2.39. The van der Waals surface area contributed by atoms with Gasteiger partial charge in [0, 0.05) is 22.2 Å². The molecule has 1 atom stereocenters. The molecule has 0 spiro atoms. The smallest absolute Gasteiger partial charge is 0.101 e. The van der Waals surface area contributed by atoms with E-state index in [1.165, 1.54) is 5.56 Å². The van der Waals surface area contributed by atoms with E-state index in [0.717, 1.165) is 21.5 Å². The number of aromatic nitrogens is 1. The molecule has 0 aliphatic heterocycles. The van der Waals surface area contributed by atoms with Gasteiger partial charge in [0.2, 0.25) is 0 Å². The van der Waals surface area contributed by atoms with Crippen LogP contribution in [0, 0.1) is 0 Å². The van der Waals surface area contributed by atoms with E-state index >= 15 is 0 Å². The van der Waals surface area contributed by atoms with Crippen molar-refractivity contribution >= 4 is 23.4 Å². The Morgan fingerprint density at radius 2 is 2.16 bits per heavy atom. The fraction of sp³-hybridized carbons (Fsp3) is 0.267. The summed E-state index contributed by atoms with van der Waals surface area (Å²) in [4.78, 5) is 5.50. The molecular formula is C15H17ClN2S. The molecule has 0 bridgehead atoms.